The van der Waals surface area contributed by atoms with Crippen molar-refractivity contribution in [2.24, 2.45) is 5.92 Å². The van der Waals surface area contributed by atoms with E-state index in [1.807, 2.05) is 37.4 Å². The predicted molar refractivity (Wildman–Crippen MR) is 109 cm³/mol. The molecule has 1 aliphatic heterocycles. The second kappa shape index (κ2) is 9.99. The average molecular weight is 380 g/mol. The Morgan fingerprint density at radius 1 is 1.18 bits per heavy atom. The van der Waals surface area contributed by atoms with Crippen LogP contribution in [0.4, 0.5) is 0 Å². The third-order valence-electron chi connectivity index (χ3n) is 5.00. The smallest absolute Gasteiger partial charge is 0.251 e. The van der Waals surface area contributed by atoms with Crippen LogP contribution in [0.2, 0.25) is 0 Å². The highest BCUT2D eigenvalue weighted by atomic mass is 16.2. The molecular weight excluding hydrogens is 352 g/mol. The normalized spacial score (nSPS) is 17.1. The van der Waals surface area contributed by atoms with Gasteiger partial charge in [0.2, 0.25) is 5.91 Å². The highest BCUT2D eigenvalue weighted by Gasteiger charge is 2.25. The molecule has 1 unspecified atom stereocenters. The van der Waals surface area contributed by atoms with Crippen LogP contribution >= 0.6 is 0 Å². The van der Waals surface area contributed by atoms with Crippen molar-refractivity contribution >= 4 is 11.8 Å². The summed E-state index contributed by atoms with van der Waals surface area (Å²) >= 11 is 0. The van der Waals surface area contributed by atoms with Gasteiger partial charge in [0.1, 0.15) is 0 Å². The minimum absolute atomic E-state index is 0.00278. The van der Waals surface area contributed by atoms with E-state index in [1.54, 1.807) is 12.3 Å². The minimum Gasteiger partial charge on any atom is -0.352 e. The largest absolute Gasteiger partial charge is 0.352 e. The molecule has 1 saturated heterocycles. The lowest BCUT2D eigenvalue weighted by atomic mass is 9.96. The first-order valence-electron chi connectivity index (χ1n) is 9.92. The number of pyridine rings is 1. The Hall–Kier alpha value is -2.73. The highest BCUT2D eigenvalue weighted by molar-refractivity contribution is 5.94. The van der Waals surface area contributed by atoms with Crippen LogP contribution < -0.4 is 10.6 Å². The summed E-state index contributed by atoms with van der Waals surface area (Å²) in [5.74, 6) is -0.00899. The van der Waals surface area contributed by atoms with Crippen molar-refractivity contribution in [3.63, 3.8) is 0 Å². The molecule has 6 heteroatoms. The number of hydrogen-bond donors (Lipinski definition) is 2. The number of rotatable bonds is 7. The second-order valence-corrected chi connectivity index (χ2v) is 7.21. The Kier molecular flexibility index (Phi) is 7.14. The van der Waals surface area contributed by atoms with E-state index in [2.05, 4.69) is 26.6 Å². The maximum Gasteiger partial charge on any atom is 0.251 e. The predicted octanol–water partition coefficient (Wildman–Crippen LogP) is 2.36. The van der Waals surface area contributed by atoms with Crippen LogP contribution in [0.5, 0.6) is 0 Å². The molecule has 1 atom stereocenters. The molecule has 1 aliphatic rings. The van der Waals surface area contributed by atoms with Crippen LogP contribution in [-0.4, -0.2) is 41.3 Å². The van der Waals surface area contributed by atoms with Crippen molar-refractivity contribution in [3.8, 4) is 0 Å². The maximum absolute atomic E-state index is 12.7. The van der Waals surface area contributed by atoms with Crippen LogP contribution in [0.1, 0.15) is 41.3 Å². The summed E-state index contributed by atoms with van der Waals surface area (Å²) < 4.78 is 0. The fraction of sp³-hybridized carbons (Fsp3) is 0.409. The third-order valence-corrected chi connectivity index (χ3v) is 5.00. The molecule has 2 amide bonds. The Morgan fingerprint density at radius 2 is 2.04 bits per heavy atom. The number of benzene rings is 1. The van der Waals surface area contributed by atoms with Crippen LogP contribution in [0.15, 0.2) is 48.8 Å². The molecule has 2 N–H and O–H groups in total. The molecule has 2 aromatic rings. The average Bonchev–Trinajstić information content (AvgIpc) is 2.73. The second-order valence-electron chi connectivity index (χ2n) is 7.21. The van der Waals surface area contributed by atoms with Crippen molar-refractivity contribution in [3.05, 3.63) is 65.5 Å². The summed E-state index contributed by atoms with van der Waals surface area (Å²) in [4.78, 5) is 31.1. The molecule has 1 aromatic heterocycles. The SMILES string of the molecule is CCNC(=O)c1cccc(CNC(=O)C2CCCN(Cc3cccnc3)C2)c1. The molecule has 1 aromatic carbocycles. The number of nitrogens with zero attached hydrogens (tertiary/aromatic N) is 2. The highest BCUT2D eigenvalue weighted by Crippen LogP contribution is 2.19. The summed E-state index contributed by atoms with van der Waals surface area (Å²) in [7, 11) is 0. The molecule has 2 heterocycles. The fourth-order valence-corrected chi connectivity index (χ4v) is 3.58. The van der Waals surface area contributed by atoms with E-state index in [0.29, 0.717) is 18.7 Å². The summed E-state index contributed by atoms with van der Waals surface area (Å²) in [6.07, 6.45) is 5.58. The number of piperidine rings is 1. The van der Waals surface area contributed by atoms with E-state index < -0.39 is 0 Å². The first kappa shape index (κ1) is 20.0. The number of likely N-dealkylation sites (tertiary alicyclic amines) is 1. The van der Waals surface area contributed by atoms with E-state index in [1.165, 1.54) is 5.56 Å². The molecule has 1 fully saturated rings. The zero-order valence-electron chi connectivity index (χ0n) is 16.4. The van der Waals surface area contributed by atoms with Crippen molar-refractivity contribution in [1.29, 1.82) is 0 Å². The molecular formula is C22H28N4O2. The van der Waals surface area contributed by atoms with E-state index in [4.69, 9.17) is 0 Å². The molecule has 6 nitrogen and oxygen atoms in total. The number of hydrogen-bond acceptors (Lipinski definition) is 4. The molecule has 148 valence electrons. The molecule has 0 spiro atoms. The Balaban J connectivity index is 1.52. The van der Waals surface area contributed by atoms with Crippen LogP contribution in [0, 0.1) is 5.92 Å². The maximum atomic E-state index is 12.7. The van der Waals surface area contributed by atoms with Crippen LogP contribution in [-0.2, 0) is 17.9 Å². The first-order valence-corrected chi connectivity index (χ1v) is 9.92. The van der Waals surface area contributed by atoms with Gasteiger partial charge in [-0.25, -0.2) is 0 Å². The van der Waals surface area contributed by atoms with Gasteiger partial charge in [0.25, 0.3) is 5.91 Å². The van der Waals surface area contributed by atoms with Gasteiger partial charge in [-0.15, -0.1) is 0 Å². The van der Waals surface area contributed by atoms with Gasteiger partial charge in [0.15, 0.2) is 0 Å². The van der Waals surface area contributed by atoms with Crippen LogP contribution in [0.3, 0.4) is 0 Å². The number of carbonyl (C=O) groups excluding carboxylic acids is 2. The van der Waals surface area contributed by atoms with Gasteiger partial charge in [0.05, 0.1) is 5.92 Å². The van der Waals surface area contributed by atoms with E-state index in [0.717, 1.165) is 38.0 Å². The number of nitrogens with one attached hydrogen (secondary N) is 2. The van der Waals surface area contributed by atoms with E-state index in [9.17, 15) is 9.59 Å². The zero-order chi connectivity index (χ0) is 19.8. The van der Waals surface area contributed by atoms with Crippen LogP contribution in [0.25, 0.3) is 0 Å². The summed E-state index contributed by atoms with van der Waals surface area (Å²) in [5, 5.41) is 5.84. The third kappa shape index (κ3) is 5.63. The Bertz CT molecular complexity index is 794. The molecule has 3 rings (SSSR count). The molecule has 0 aliphatic carbocycles. The summed E-state index contributed by atoms with van der Waals surface area (Å²) in [6, 6.07) is 11.4. The lowest BCUT2D eigenvalue weighted by Crippen LogP contribution is -2.42. The first-order chi connectivity index (χ1) is 13.7. The van der Waals surface area contributed by atoms with Crippen molar-refractivity contribution in [2.45, 2.75) is 32.9 Å². The van der Waals surface area contributed by atoms with Gasteiger partial charge < -0.3 is 10.6 Å². The van der Waals surface area contributed by atoms with E-state index >= 15 is 0 Å². The minimum atomic E-state index is -0.0889. The fourth-order valence-electron chi connectivity index (χ4n) is 3.58. The lowest BCUT2D eigenvalue weighted by molar-refractivity contribution is -0.126. The van der Waals surface area contributed by atoms with Gasteiger partial charge in [-0.1, -0.05) is 18.2 Å². The van der Waals surface area contributed by atoms with E-state index in [-0.39, 0.29) is 17.7 Å². The number of aromatic nitrogens is 1. The standard InChI is InChI=1S/C22H28N4O2/c1-2-24-21(27)19-8-3-6-17(12-19)14-25-22(28)20-9-5-11-26(16-20)15-18-7-4-10-23-13-18/h3-4,6-8,10,12-13,20H,2,5,9,11,14-16H2,1H3,(H,24,27)(H,25,28). The zero-order valence-corrected chi connectivity index (χ0v) is 16.4. The Morgan fingerprint density at radius 3 is 2.82 bits per heavy atom. The molecule has 0 saturated carbocycles. The number of amides is 2. The van der Waals surface area contributed by atoms with Gasteiger partial charge >= 0.3 is 0 Å². The Labute approximate surface area is 166 Å². The van der Waals surface area contributed by atoms with Crippen molar-refractivity contribution in [2.75, 3.05) is 19.6 Å². The monoisotopic (exact) mass is 380 g/mol. The molecule has 28 heavy (non-hydrogen) atoms. The number of carbonyl (C=O) groups is 2. The summed E-state index contributed by atoms with van der Waals surface area (Å²) in [5.41, 5.74) is 2.72. The topological polar surface area (TPSA) is 74.3 Å². The van der Waals surface area contributed by atoms with Gasteiger partial charge in [-0.2, -0.15) is 0 Å². The van der Waals surface area contributed by atoms with Gasteiger partial charge in [-0.3, -0.25) is 19.5 Å². The quantitative estimate of drug-likeness (QED) is 0.773. The molecule has 0 radical (unpaired) electrons. The lowest BCUT2D eigenvalue weighted by Gasteiger charge is -2.32. The van der Waals surface area contributed by atoms with Gasteiger partial charge in [-0.05, 0) is 55.6 Å². The molecule has 0 bridgehead atoms. The van der Waals surface area contributed by atoms with Gasteiger partial charge in [0, 0.05) is 44.1 Å². The van der Waals surface area contributed by atoms with Crippen molar-refractivity contribution < 1.29 is 9.59 Å². The summed E-state index contributed by atoms with van der Waals surface area (Å²) in [6.45, 7) is 5.52. The van der Waals surface area contributed by atoms with Crippen molar-refractivity contribution in [1.82, 2.24) is 20.5 Å².